The minimum Gasteiger partial charge on any atom is -0.496 e. The number of carbonyl (C=O) groups excluding carboxylic acids is 2. The lowest BCUT2D eigenvalue weighted by Crippen LogP contribution is -2.28. The first-order valence-corrected chi connectivity index (χ1v) is 9.08. The molecule has 0 spiro atoms. The highest BCUT2D eigenvalue weighted by atomic mass is 16.5. The van der Waals surface area contributed by atoms with Crippen LogP contribution in [0.5, 0.6) is 23.0 Å². The predicted molar refractivity (Wildman–Crippen MR) is 110 cm³/mol. The van der Waals surface area contributed by atoms with Crippen LogP contribution in [-0.2, 0) is 16.1 Å². The number of esters is 1. The van der Waals surface area contributed by atoms with Crippen molar-refractivity contribution in [3.05, 3.63) is 60.2 Å². The van der Waals surface area contributed by atoms with E-state index in [1.165, 1.54) is 21.3 Å². The summed E-state index contributed by atoms with van der Waals surface area (Å²) in [6.45, 7) is 3.69. The van der Waals surface area contributed by atoms with E-state index < -0.39 is 18.5 Å². The van der Waals surface area contributed by atoms with E-state index >= 15 is 0 Å². The van der Waals surface area contributed by atoms with Gasteiger partial charge in [0.2, 0.25) is 0 Å². The molecule has 2 aromatic carbocycles. The van der Waals surface area contributed by atoms with Gasteiger partial charge in [-0.15, -0.1) is 0 Å². The van der Waals surface area contributed by atoms with Gasteiger partial charge in [0.25, 0.3) is 5.91 Å². The number of ether oxygens (including phenoxy) is 5. The van der Waals surface area contributed by atoms with Crippen molar-refractivity contribution in [1.82, 2.24) is 5.32 Å². The molecule has 0 aliphatic rings. The Balaban J connectivity index is 1.89. The molecule has 2 aromatic rings. The lowest BCUT2D eigenvalue weighted by molar-refractivity contribution is -0.124. The lowest BCUT2D eigenvalue weighted by Gasteiger charge is -2.14. The summed E-state index contributed by atoms with van der Waals surface area (Å²) in [6, 6.07) is 9.79. The summed E-state index contributed by atoms with van der Waals surface area (Å²) in [7, 11) is 4.56. The van der Waals surface area contributed by atoms with E-state index in [0.717, 1.165) is 0 Å². The molecule has 0 radical (unpaired) electrons. The number of hydrogen-bond donors (Lipinski definition) is 1. The largest absolute Gasteiger partial charge is 0.496 e. The molecule has 0 atom stereocenters. The number of carbonyl (C=O) groups is 2. The Labute approximate surface area is 175 Å². The molecule has 1 N–H and O–H groups in total. The summed E-state index contributed by atoms with van der Waals surface area (Å²) < 4.78 is 26.2. The number of amides is 1. The van der Waals surface area contributed by atoms with E-state index in [1.807, 2.05) is 0 Å². The van der Waals surface area contributed by atoms with Crippen molar-refractivity contribution in [3.63, 3.8) is 0 Å². The minimum atomic E-state index is -0.607. The topological polar surface area (TPSA) is 92.3 Å². The Kier molecular flexibility index (Phi) is 8.56. The third-order valence-corrected chi connectivity index (χ3v) is 4.05. The summed E-state index contributed by atoms with van der Waals surface area (Å²) >= 11 is 0. The van der Waals surface area contributed by atoms with Gasteiger partial charge in [0.1, 0.15) is 18.1 Å². The van der Waals surface area contributed by atoms with Crippen LogP contribution < -0.4 is 24.3 Å². The summed E-state index contributed by atoms with van der Waals surface area (Å²) in [5, 5.41) is 2.68. The van der Waals surface area contributed by atoms with Gasteiger partial charge in [0.15, 0.2) is 18.1 Å². The van der Waals surface area contributed by atoms with Crippen molar-refractivity contribution in [3.8, 4) is 23.0 Å². The third kappa shape index (κ3) is 6.16. The van der Waals surface area contributed by atoms with Crippen LogP contribution in [0.2, 0.25) is 0 Å². The van der Waals surface area contributed by atoms with Gasteiger partial charge in [-0.1, -0.05) is 12.7 Å². The van der Waals surface area contributed by atoms with Crippen molar-refractivity contribution in [1.29, 1.82) is 0 Å². The quantitative estimate of drug-likeness (QED) is 0.446. The Morgan fingerprint density at radius 2 is 1.60 bits per heavy atom. The van der Waals surface area contributed by atoms with Crippen molar-refractivity contribution < 1.29 is 33.3 Å². The van der Waals surface area contributed by atoms with Crippen LogP contribution in [-0.4, -0.2) is 46.4 Å². The van der Waals surface area contributed by atoms with Crippen molar-refractivity contribution in [2.75, 3.05) is 34.5 Å². The van der Waals surface area contributed by atoms with Crippen molar-refractivity contribution >= 4 is 11.9 Å². The number of benzene rings is 2. The van der Waals surface area contributed by atoms with Crippen LogP contribution in [0.3, 0.4) is 0 Å². The molecule has 8 nitrogen and oxygen atoms in total. The standard InChI is InChI=1S/C22H25NO7/c1-5-10-29-17-8-6-15(7-9-17)22(25)30-14-21(24)23-13-16-11-19(27-3)20(28-4)12-18(16)26-2/h5-9,11-12H,1,10,13-14H2,2-4H3,(H,23,24). The molecule has 8 heteroatoms. The summed E-state index contributed by atoms with van der Waals surface area (Å²) in [5.74, 6) is 1.10. The first kappa shape index (κ1) is 22.6. The maximum absolute atomic E-state index is 12.1. The minimum absolute atomic E-state index is 0.162. The molecule has 0 saturated carbocycles. The fourth-order valence-corrected chi connectivity index (χ4v) is 2.53. The number of hydrogen-bond acceptors (Lipinski definition) is 7. The molecule has 0 bridgehead atoms. The van der Waals surface area contributed by atoms with E-state index in [1.54, 1.807) is 42.5 Å². The van der Waals surface area contributed by atoms with Gasteiger partial charge in [-0.3, -0.25) is 4.79 Å². The van der Waals surface area contributed by atoms with Crippen LogP contribution in [0, 0.1) is 0 Å². The molecule has 0 aliphatic carbocycles. The number of rotatable bonds is 11. The highest BCUT2D eigenvalue weighted by Gasteiger charge is 2.14. The smallest absolute Gasteiger partial charge is 0.338 e. The fourth-order valence-electron chi connectivity index (χ4n) is 2.53. The van der Waals surface area contributed by atoms with E-state index in [-0.39, 0.29) is 6.54 Å². The van der Waals surface area contributed by atoms with Gasteiger partial charge in [-0.05, 0) is 30.3 Å². The van der Waals surface area contributed by atoms with Crippen LogP contribution in [0.25, 0.3) is 0 Å². The van der Waals surface area contributed by atoms with Crippen molar-refractivity contribution in [2.24, 2.45) is 0 Å². The first-order valence-electron chi connectivity index (χ1n) is 9.08. The predicted octanol–water partition coefficient (Wildman–Crippen LogP) is 2.75. The Morgan fingerprint density at radius 3 is 2.20 bits per heavy atom. The lowest BCUT2D eigenvalue weighted by atomic mass is 10.1. The third-order valence-electron chi connectivity index (χ3n) is 4.05. The maximum atomic E-state index is 12.1. The first-order chi connectivity index (χ1) is 14.5. The second-order valence-corrected chi connectivity index (χ2v) is 6.00. The van der Waals surface area contributed by atoms with Crippen LogP contribution in [0.15, 0.2) is 49.1 Å². The highest BCUT2D eigenvalue weighted by molar-refractivity contribution is 5.91. The Bertz CT molecular complexity index is 878. The zero-order valence-electron chi connectivity index (χ0n) is 17.2. The van der Waals surface area contributed by atoms with E-state index in [2.05, 4.69) is 11.9 Å². The molecule has 0 heterocycles. The fraction of sp³-hybridized carbons (Fsp3) is 0.273. The molecule has 0 unspecified atom stereocenters. The summed E-state index contributed by atoms with van der Waals surface area (Å²) in [4.78, 5) is 24.2. The molecular weight excluding hydrogens is 390 g/mol. The SMILES string of the molecule is C=CCOc1ccc(C(=O)OCC(=O)NCc2cc(OC)c(OC)cc2OC)cc1. The molecule has 30 heavy (non-hydrogen) atoms. The van der Waals surface area contributed by atoms with Gasteiger partial charge in [-0.25, -0.2) is 4.79 Å². The second-order valence-electron chi connectivity index (χ2n) is 6.00. The molecule has 1 amide bonds. The molecule has 160 valence electrons. The van der Waals surface area contributed by atoms with Gasteiger partial charge in [-0.2, -0.15) is 0 Å². The molecule has 2 rings (SSSR count). The summed E-state index contributed by atoms with van der Waals surface area (Å²) in [6.07, 6.45) is 1.62. The Morgan fingerprint density at radius 1 is 0.967 bits per heavy atom. The van der Waals surface area contributed by atoms with Gasteiger partial charge < -0.3 is 29.0 Å². The second kappa shape index (κ2) is 11.4. The molecular formula is C22H25NO7. The number of methoxy groups -OCH3 is 3. The van der Waals surface area contributed by atoms with Crippen LogP contribution in [0.4, 0.5) is 0 Å². The Hall–Kier alpha value is -3.68. The van der Waals surface area contributed by atoms with Crippen LogP contribution in [0.1, 0.15) is 15.9 Å². The maximum Gasteiger partial charge on any atom is 0.338 e. The zero-order valence-corrected chi connectivity index (χ0v) is 17.2. The highest BCUT2D eigenvalue weighted by Crippen LogP contribution is 2.34. The average Bonchev–Trinajstić information content (AvgIpc) is 2.79. The van der Waals surface area contributed by atoms with Crippen LogP contribution >= 0.6 is 0 Å². The van der Waals surface area contributed by atoms with E-state index in [9.17, 15) is 9.59 Å². The van der Waals surface area contributed by atoms with Gasteiger partial charge >= 0.3 is 5.97 Å². The van der Waals surface area contributed by atoms with Gasteiger partial charge in [0.05, 0.1) is 26.9 Å². The van der Waals surface area contributed by atoms with Gasteiger partial charge in [0, 0.05) is 18.2 Å². The number of nitrogens with one attached hydrogen (secondary N) is 1. The zero-order chi connectivity index (χ0) is 21.9. The normalized spacial score (nSPS) is 9.97. The molecule has 0 aliphatic heterocycles. The molecule has 0 aromatic heterocycles. The molecule has 0 saturated heterocycles. The monoisotopic (exact) mass is 415 g/mol. The van der Waals surface area contributed by atoms with E-state index in [0.29, 0.717) is 40.7 Å². The average molecular weight is 415 g/mol. The van der Waals surface area contributed by atoms with Crippen molar-refractivity contribution in [2.45, 2.75) is 6.54 Å². The summed E-state index contributed by atoms with van der Waals surface area (Å²) in [5.41, 5.74) is 1.00. The van der Waals surface area contributed by atoms with E-state index in [4.69, 9.17) is 23.7 Å². The molecule has 0 fully saturated rings.